The van der Waals surface area contributed by atoms with Crippen molar-refractivity contribution in [2.24, 2.45) is 4.99 Å². The van der Waals surface area contributed by atoms with Crippen LogP contribution in [0, 0.1) is 11.3 Å². The molecule has 1 heterocycles. The number of nitrogens with zero attached hydrogens (tertiary/aromatic N) is 3. The van der Waals surface area contributed by atoms with Gasteiger partial charge in [0.15, 0.2) is 5.88 Å². The van der Waals surface area contributed by atoms with E-state index in [9.17, 15) is 15.2 Å². The van der Waals surface area contributed by atoms with Crippen LogP contribution in [-0.2, 0) is 11.3 Å². The Morgan fingerprint density at radius 3 is 2.53 bits per heavy atom. The number of hydrogen-bond donors (Lipinski definition) is 2. The van der Waals surface area contributed by atoms with Crippen molar-refractivity contribution >= 4 is 28.3 Å². The van der Waals surface area contributed by atoms with Crippen molar-refractivity contribution in [1.29, 1.82) is 5.26 Å². The second-order valence-corrected chi connectivity index (χ2v) is 8.12. The van der Waals surface area contributed by atoms with E-state index in [0.717, 1.165) is 11.1 Å². The minimum absolute atomic E-state index is 0.0654. The van der Waals surface area contributed by atoms with Gasteiger partial charge in [-0.25, -0.2) is 9.79 Å². The molecular weight excluding hydrogens is 428 g/mol. The Morgan fingerprint density at radius 2 is 1.85 bits per heavy atom. The zero-order valence-corrected chi connectivity index (χ0v) is 19.2. The van der Waals surface area contributed by atoms with Gasteiger partial charge in [-0.15, -0.1) is 0 Å². The summed E-state index contributed by atoms with van der Waals surface area (Å²) < 4.78 is 4.80. The molecule has 0 aliphatic rings. The van der Waals surface area contributed by atoms with E-state index in [0.29, 0.717) is 45.5 Å². The predicted octanol–water partition coefficient (Wildman–Crippen LogP) is 4.76. The molecule has 0 amide bonds. The summed E-state index contributed by atoms with van der Waals surface area (Å²) in [6, 6.07) is 22.3. The first-order valence-electron chi connectivity index (χ1n) is 10.7. The molecule has 0 bridgehead atoms. The van der Waals surface area contributed by atoms with E-state index in [2.05, 4.69) is 11.1 Å². The highest BCUT2D eigenvalue weighted by Gasteiger charge is 2.20. The summed E-state index contributed by atoms with van der Waals surface area (Å²) in [5, 5.41) is 21.2. The van der Waals surface area contributed by atoms with E-state index >= 15 is 0 Å². The lowest BCUT2D eigenvalue weighted by atomic mass is 10.00. The summed E-state index contributed by atoms with van der Waals surface area (Å²) in [6.07, 6.45) is 0. The number of carbonyl (C=O) groups excluding carboxylic acids is 1. The number of carbonyl (C=O) groups is 1. The minimum Gasteiger partial charge on any atom is -0.494 e. The smallest absolute Gasteiger partial charge is 0.337 e. The first-order valence-corrected chi connectivity index (χ1v) is 10.7. The third-order valence-electron chi connectivity index (χ3n) is 5.43. The van der Waals surface area contributed by atoms with E-state index in [1.807, 2.05) is 61.5 Å². The molecule has 4 rings (SSSR count). The monoisotopic (exact) mass is 452 g/mol. The lowest BCUT2D eigenvalue weighted by Crippen LogP contribution is -2.11. The molecule has 2 N–H and O–H groups in total. The number of methoxy groups -OCH3 is 1. The number of nitrogens with one attached hydrogen (secondary N) is 1. The summed E-state index contributed by atoms with van der Waals surface area (Å²) in [5.74, 6) is -0.527. The van der Waals surface area contributed by atoms with E-state index in [-0.39, 0.29) is 5.88 Å². The molecule has 170 valence electrons. The lowest BCUT2D eigenvalue weighted by Gasteiger charge is -2.12. The normalized spacial score (nSPS) is 11.6. The molecule has 4 aromatic rings. The van der Waals surface area contributed by atoms with Gasteiger partial charge in [-0.3, -0.25) is 0 Å². The maximum Gasteiger partial charge on any atom is 0.337 e. The van der Waals surface area contributed by atoms with Crippen LogP contribution in [-0.4, -0.2) is 47.9 Å². The third-order valence-corrected chi connectivity index (χ3v) is 5.43. The highest BCUT2D eigenvalue weighted by atomic mass is 16.5. The van der Waals surface area contributed by atoms with Gasteiger partial charge < -0.3 is 19.7 Å². The summed E-state index contributed by atoms with van der Waals surface area (Å²) in [7, 11) is 5.22. The fourth-order valence-electron chi connectivity index (χ4n) is 3.87. The molecule has 0 atom stereocenters. The van der Waals surface area contributed by atoms with Gasteiger partial charge in [-0.1, -0.05) is 42.5 Å². The summed E-state index contributed by atoms with van der Waals surface area (Å²) >= 11 is 0. The molecule has 1 aromatic heterocycles. The Balaban J connectivity index is 1.90. The van der Waals surface area contributed by atoms with Crippen LogP contribution in [0.2, 0.25) is 0 Å². The Labute approximate surface area is 197 Å². The topological polar surface area (TPSA) is 102 Å². The van der Waals surface area contributed by atoms with E-state index in [1.165, 1.54) is 7.11 Å². The number of aromatic nitrogens is 1. The van der Waals surface area contributed by atoms with Crippen molar-refractivity contribution in [3.8, 4) is 11.9 Å². The average Bonchev–Trinajstić information content (AvgIpc) is 3.17. The van der Waals surface area contributed by atoms with Crippen molar-refractivity contribution in [2.45, 2.75) is 6.54 Å². The lowest BCUT2D eigenvalue weighted by molar-refractivity contribution is 0.0601. The fourth-order valence-corrected chi connectivity index (χ4v) is 3.87. The van der Waals surface area contributed by atoms with Gasteiger partial charge >= 0.3 is 5.97 Å². The minimum atomic E-state index is -0.462. The Hall–Kier alpha value is -4.41. The maximum atomic E-state index is 11.9. The molecule has 34 heavy (non-hydrogen) atoms. The highest BCUT2D eigenvalue weighted by Crippen LogP contribution is 2.32. The quantitative estimate of drug-likeness (QED) is 0.324. The molecule has 0 saturated heterocycles. The van der Waals surface area contributed by atoms with Crippen LogP contribution >= 0.6 is 0 Å². The molecular formula is C27H24N4O3. The van der Waals surface area contributed by atoms with Crippen molar-refractivity contribution in [3.63, 3.8) is 0 Å². The van der Waals surface area contributed by atoms with E-state index in [4.69, 9.17) is 9.73 Å². The van der Waals surface area contributed by atoms with Gasteiger partial charge in [0.25, 0.3) is 0 Å². The highest BCUT2D eigenvalue weighted by molar-refractivity contribution is 6.22. The van der Waals surface area contributed by atoms with Crippen molar-refractivity contribution in [1.82, 2.24) is 9.88 Å². The first kappa shape index (κ1) is 22.8. The number of nitriles is 1. The molecule has 0 fully saturated rings. The van der Waals surface area contributed by atoms with Crippen molar-refractivity contribution in [3.05, 3.63) is 94.5 Å². The number of aromatic amines is 1. The largest absolute Gasteiger partial charge is 0.494 e. The molecule has 3 aromatic carbocycles. The van der Waals surface area contributed by atoms with Crippen LogP contribution in [0.1, 0.15) is 32.6 Å². The van der Waals surface area contributed by atoms with Gasteiger partial charge in [0.05, 0.1) is 41.3 Å². The zero-order chi connectivity index (χ0) is 24.2. The summed E-state index contributed by atoms with van der Waals surface area (Å²) in [5.41, 5.74) is 4.86. The van der Waals surface area contributed by atoms with Crippen LogP contribution in [0.5, 0.6) is 5.88 Å². The predicted molar refractivity (Wildman–Crippen MR) is 132 cm³/mol. The summed E-state index contributed by atoms with van der Waals surface area (Å²) in [4.78, 5) is 21.8. The molecule has 0 saturated carbocycles. The van der Waals surface area contributed by atoms with Crippen LogP contribution in [0.25, 0.3) is 10.9 Å². The number of rotatable bonds is 6. The number of H-pyrrole nitrogens is 1. The second-order valence-electron chi connectivity index (χ2n) is 8.12. The summed E-state index contributed by atoms with van der Waals surface area (Å²) in [6.45, 7) is 0.643. The standard InChI is InChI=1S/C27H24N4O3/c1-31(2)16-19-9-11-21(13-20(19)15-28)29-25(17-7-5-4-6-8-17)24-22-12-10-18(27(33)34-3)14-23(22)30-26(24)32/h4-14,30,32H,16H2,1-3H3. The number of esters is 1. The van der Waals surface area contributed by atoms with Gasteiger partial charge in [0.2, 0.25) is 0 Å². The Kier molecular flexibility index (Phi) is 6.44. The molecule has 0 spiro atoms. The van der Waals surface area contributed by atoms with Gasteiger partial charge in [0, 0.05) is 23.0 Å². The molecule has 0 aliphatic heterocycles. The first-order chi connectivity index (χ1) is 16.4. The number of fused-ring (bicyclic) bond motifs is 1. The van der Waals surface area contributed by atoms with E-state index in [1.54, 1.807) is 24.3 Å². The number of hydrogen-bond acceptors (Lipinski definition) is 6. The van der Waals surface area contributed by atoms with Crippen molar-refractivity contribution < 1.29 is 14.6 Å². The van der Waals surface area contributed by atoms with Crippen LogP contribution in [0.3, 0.4) is 0 Å². The number of benzene rings is 3. The second kappa shape index (κ2) is 9.61. The van der Waals surface area contributed by atoms with E-state index < -0.39 is 5.97 Å². The van der Waals surface area contributed by atoms with Gasteiger partial charge in [0.1, 0.15) is 0 Å². The van der Waals surface area contributed by atoms with Gasteiger partial charge in [-0.2, -0.15) is 5.26 Å². The average molecular weight is 453 g/mol. The molecule has 0 aliphatic carbocycles. The van der Waals surface area contributed by atoms with Crippen LogP contribution in [0.4, 0.5) is 5.69 Å². The third kappa shape index (κ3) is 4.53. The zero-order valence-electron chi connectivity index (χ0n) is 19.2. The maximum absolute atomic E-state index is 11.9. The van der Waals surface area contributed by atoms with Crippen LogP contribution < -0.4 is 0 Å². The van der Waals surface area contributed by atoms with Crippen LogP contribution in [0.15, 0.2) is 71.7 Å². The molecule has 7 heteroatoms. The Morgan fingerprint density at radius 1 is 1.09 bits per heavy atom. The molecule has 0 unspecified atom stereocenters. The number of aromatic hydroxyl groups is 1. The number of aliphatic imine (C=N–C) groups is 1. The molecule has 0 radical (unpaired) electrons. The van der Waals surface area contributed by atoms with Crippen molar-refractivity contribution in [2.75, 3.05) is 21.2 Å². The SMILES string of the molecule is COC(=O)c1ccc2c(C(=Nc3ccc(CN(C)C)c(C#N)c3)c3ccccc3)c(O)[nH]c2c1. The number of ether oxygens (including phenoxy) is 1. The fraction of sp³-hybridized carbons (Fsp3) is 0.148. The van der Waals surface area contributed by atoms with Gasteiger partial charge in [-0.05, 0) is 43.9 Å². The Bertz CT molecular complexity index is 1430. The molecule has 7 nitrogen and oxygen atoms in total.